The average Bonchev–Trinajstić information content (AvgIpc) is 2.45. The van der Waals surface area contributed by atoms with Gasteiger partial charge in [-0.15, -0.1) is 11.8 Å². The van der Waals surface area contributed by atoms with Crippen molar-refractivity contribution in [1.29, 1.82) is 0 Å². The van der Waals surface area contributed by atoms with Crippen LogP contribution in [0.25, 0.3) is 12.2 Å². The summed E-state index contributed by atoms with van der Waals surface area (Å²) in [5, 5.41) is 0. The molecule has 0 amide bonds. The molecule has 0 N–H and O–H groups in total. The van der Waals surface area contributed by atoms with Gasteiger partial charge in [-0.05, 0) is 37.0 Å². The van der Waals surface area contributed by atoms with Gasteiger partial charge in [0.05, 0.1) is 24.7 Å². The Morgan fingerprint density at radius 3 is 2.74 bits per heavy atom. The maximum absolute atomic E-state index is 5.30. The fraction of sp³-hybridized carbons (Fsp3) is 0.200. The summed E-state index contributed by atoms with van der Waals surface area (Å²) in [6.45, 7) is 1.93. The minimum absolute atomic E-state index is 0.863. The Labute approximate surface area is 117 Å². The van der Waals surface area contributed by atoms with Gasteiger partial charge in [0, 0.05) is 11.1 Å². The number of methoxy groups -OCH3 is 1. The second-order valence-electron chi connectivity index (χ2n) is 4.03. The molecule has 0 radical (unpaired) electrons. The minimum atomic E-state index is 0.863. The lowest BCUT2D eigenvalue weighted by molar-refractivity contribution is 0.405. The summed E-state index contributed by atoms with van der Waals surface area (Å²) in [7, 11) is 1.69. The first-order valence-corrected chi connectivity index (χ1v) is 7.14. The molecular weight excluding hydrogens is 256 g/mol. The first-order chi connectivity index (χ1) is 9.22. The topological polar surface area (TPSA) is 35.0 Å². The van der Waals surface area contributed by atoms with E-state index in [1.54, 1.807) is 31.3 Å². The zero-order chi connectivity index (χ0) is 13.7. The molecule has 0 aliphatic carbocycles. The van der Waals surface area contributed by atoms with Crippen molar-refractivity contribution in [2.75, 3.05) is 13.4 Å². The Morgan fingerprint density at radius 1 is 1.21 bits per heavy atom. The summed E-state index contributed by atoms with van der Waals surface area (Å²) in [6.07, 6.45) is 9.53. The van der Waals surface area contributed by atoms with Gasteiger partial charge >= 0.3 is 0 Å². The lowest BCUT2D eigenvalue weighted by atomic mass is 10.2. The molecule has 1 heterocycles. The number of nitrogens with zero attached hydrogens (tertiary/aromatic N) is 2. The summed E-state index contributed by atoms with van der Waals surface area (Å²) in [5.74, 6) is 0.903. The van der Waals surface area contributed by atoms with Crippen molar-refractivity contribution in [3.05, 3.63) is 47.5 Å². The number of benzene rings is 1. The molecule has 0 saturated heterocycles. The highest BCUT2D eigenvalue weighted by Crippen LogP contribution is 2.28. The van der Waals surface area contributed by atoms with E-state index in [9.17, 15) is 0 Å². The first-order valence-electron chi connectivity index (χ1n) is 5.91. The maximum atomic E-state index is 5.30. The van der Waals surface area contributed by atoms with Crippen molar-refractivity contribution >= 4 is 23.9 Å². The predicted octanol–water partition coefficient (Wildman–Crippen LogP) is 3.69. The number of rotatable bonds is 4. The predicted molar refractivity (Wildman–Crippen MR) is 80.5 cm³/mol. The van der Waals surface area contributed by atoms with Crippen molar-refractivity contribution < 1.29 is 4.74 Å². The molecule has 3 nitrogen and oxygen atoms in total. The van der Waals surface area contributed by atoms with Gasteiger partial charge in [0.1, 0.15) is 5.75 Å². The van der Waals surface area contributed by atoms with E-state index in [4.69, 9.17) is 4.74 Å². The number of hydrogen-bond donors (Lipinski definition) is 0. The smallest absolute Gasteiger partial charge is 0.132 e. The largest absolute Gasteiger partial charge is 0.496 e. The minimum Gasteiger partial charge on any atom is -0.496 e. The van der Waals surface area contributed by atoms with Crippen LogP contribution >= 0.6 is 11.8 Å². The Morgan fingerprint density at radius 2 is 2.05 bits per heavy atom. The zero-order valence-corrected chi connectivity index (χ0v) is 12.1. The van der Waals surface area contributed by atoms with E-state index in [0.717, 1.165) is 27.6 Å². The number of ether oxygens (including phenoxy) is 1. The van der Waals surface area contributed by atoms with Gasteiger partial charge in [-0.3, -0.25) is 9.97 Å². The zero-order valence-electron chi connectivity index (χ0n) is 11.3. The van der Waals surface area contributed by atoms with Crippen molar-refractivity contribution in [3.63, 3.8) is 0 Å². The molecule has 0 saturated carbocycles. The molecule has 0 unspecified atom stereocenters. The van der Waals surface area contributed by atoms with E-state index in [2.05, 4.69) is 16.0 Å². The Balaban J connectivity index is 2.23. The Kier molecular flexibility index (Phi) is 4.58. The highest BCUT2D eigenvalue weighted by molar-refractivity contribution is 7.98. The third-order valence-corrected chi connectivity index (χ3v) is 3.39. The fourth-order valence-corrected chi connectivity index (χ4v) is 2.31. The van der Waals surface area contributed by atoms with Crippen LogP contribution in [0.2, 0.25) is 0 Å². The normalized spacial score (nSPS) is 10.9. The van der Waals surface area contributed by atoms with Crippen LogP contribution < -0.4 is 4.74 Å². The van der Waals surface area contributed by atoms with Crippen LogP contribution in [0, 0.1) is 6.92 Å². The molecule has 19 heavy (non-hydrogen) atoms. The molecular formula is C15H16N2OS. The summed E-state index contributed by atoms with van der Waals surface area (Å²) in [5.41, 5.74) is 2.90. The maximum Gasteiger partial charge on any atom is 0.132 e. The van der Waals surface area contributed by atoms with Crippen molar-refractivity contribution in [2.45, 2.75) is 11.8 Å². The van der Waals surface area contributed by atoms with Gasteiger partial charge in [-0.1, -0.05) is 12.1 Å². The molecule has 0 atom stereocenters. The summed E-state index contributed by atoms with van der Waals surface area (Å²) in [6, 6.07) is 6.11. The van der Waals surface area contributed by atoms with Crippen LogP contribution in [-0.2, 0) is 0 Å². The highest BCUT2D eigenvalue weighted by Gasteiger charge is 2.01. The first kappa shape index (κ1) is 13.6. The van der Waals surface area contributed by atoms with Crippen LogP contribution in [0.3, 0.4) is 0 Å². The second kappa shape index (κ2) is 6.38. The molecule has 0 aliphatic heterocycles. The molecule has 0 spiro atoms. The molecule has 0 fully saturated rings. The van der Waals surface area contributed by atoms with Crippen molar-refractivity contribution in [1.82, 2.24) is 9.97 Å². The van der Waals surface area contributed by atoms with Crippen molar-refractivity contribution in [3.8, 4) is 5.75 Å². The highest BCUT2D eigenvalue weighted by atomic mass is 32.2. The Hall–Kier alpha value is -1.81. The SMILES string of the molecule is COc1ccc(C=Cc2cncc(C)n2)cc1SC. The van der Waals surface area contributed by atoms with Gasteiger partial charge in [0.25, 0.3) is 0 Å². The monoisotopic (exact) mass is 272 g/mol. The number of thioether (sulfide) groups is 1. The van der Waals surface area contributed by atoms with Gasteiger partial charge in [-0.25, -0.2) is 0 Å². The standard InChI is InChI=1S/C15H16N2OS/c1-11-9-16-10-13(17-11)6-4-12-5-7-14(18-2)15(8-12)19-3/h4-10H,1-3H3. The van der Waals surface area contributed by atoms with Crippen molar-refractivity contribution in [2.24, 2.45) is 0 Å². The van der Waals surface area contributed by atoms with E-state index < -0.39 is 0 Å². The average molecular weight is 272 g/mol. The molecule has 0 bridgehead atoms. The quantitative estimate of drug-likeness (QED) is 0.795. The van der Waals surface area contributed by atoms with Gasteiger partial charge in [0.15, 0.2) is 0 Å². The summed E-state index contributed by atoms with van der Waals surface area (Å²) >= 11 is 1.67. The van der Waals surface area contributed by atoms with Gasteiger partial charge < -0.3 is 4.74 Å². The van der Waals surface area contributed by atoms with Gasteiger partial charge in [0.2, 0.25) is 0 Å². The lowest BCUT2D eigenvalue weighted by Crippen LogP contribution is -1.87. The van der Waals surface area contributed by atoms with Crippen LogP contribution in [0.4, 0.5) is 0 Å². The van der Waals surface area contributed by atoms with E-state index in [1.807, 2.05) is 37.5 Å². The van der Waals surface area contributed by atoms with Crippen LogP contribution in [0.5, 0.6) is 5.75 Å². The second-order valence-corrected chi connectivity index (χ2v) is 4.88. The Bertz CT molecular complexity index is 596. The van der Waals surface area contributed by atoms with Crippen LogP contribution in [0.15, 0.2) is 35.5 Å². The van der Waals surface area contributed by atoms with E-state index in [1.165, 1.54) is 0 Å². The third-order valence-electron chi connectivity index (χ3n) is 2.63. The molecule has 0 aliphatic rings. The van der Waals surface area contributed by atoms with E-state index in [0.29, 0.717) is 0 Å². The number of aromatic nitrogens is 2. The van der Waals surface area contributed by atoms with E-state index >= 15 is 0 Å². The molecule has 2 aromatic rings. The summed E-state index contributed by atoms with van der Waals surface area (Å²) < 4.78 is 5.30. The fourth-order valence-electron chi connectivity index (χ4n) is 1.70. The third kappa shape index (κ3) is 3.58. The molecule has 1 aromatic carbocycles. The van der Waals surface area contributed by atoms with Crippen LogP contribution in [0.1, 0.15) is 17.0 Å². The number of hydrogen-bond acceptors (Lipinski definition) is 4. The van der Waals surface area contributed by atoms with Gasteiger partial charge in [-0.2, -0.15) is 0 Å². The molecule has 98 valence electrons. The molecule has 2 rings (SSSR count). The van der Waals surface area contributed by atoms with E-state index in [-0.39, 0.29) is 0 Å². The lowest BCUT2D eigenvalue weighted by Gasteiger charge is -2.06. The molecule has 4 heteroatoms. The number of aryl methyl sites for hydroxylation is 1. The van der Waals surface area contributed by atoms with Crippen LogP contribution in [-0.4, -0.2) is 23.3 Å². The summed E-state index contributed by atoms with van der Waals surface area (Å²) in [4.78, 5) is 9.63. The molecule has 1 aromatic heterocycles.